The smallest absolute Gasteiger partial charge is 0.232 e. The van der Waals surface area contributed by atoms with Gasteiger partial charge < -0.3 is 15.0 Å². The number of carbonyl (C=O) groups is 2. The highest BCUT2D eigenvalue weighted by molar-refractivity contribution is 6.01. The number of hydrogen-bond donors (Lipinski definition) is 1. The second-order valence-corrected chi connectivity index (χ2v) is 5.27. The fraction of sp³-hybridized carbons (Fsp3) is 0.467. The second-order valence-electron chi connectivity index (χ2n) is 5.27. The lowest BCUT2D eigenvalue weighted by atomic mass is 9.98. The second kappa shape index (κ2) is 5.15. The maximum Gasteiger partial charge on any atom is 0.232 e. The summed E-state index contributed by atoms with van der Waals surface area (Å²) in [5, 5.41) is 2.72. The molecule has 0 saturated carbocycles. The van der Waals surface area contributed by atoms with E-state index in [1.54, 1.807) is 12.0 Å². The number of carbonyl (C=O) groups excluding carboxylic acids is 2. The summed E-state index contributed by atoms with van der Waals surface area (Å²) >= 11 is 0. The van der Waals surface area contributed by atoms with Gasteiger partial charge in [0.1, 0.15) is 5.75 Å². The van der Waals surface area contributed by atoms with Crippen molar-refractivity contribution in [2.24, 2.45) is 5.92 Å². The van der Waals surface area contributed by atoms with E-state index in [1.165, 1.54) is 0 Å². The first-order chi connectivity index (χ1) is 9.70. The lowest BCUT2D eigenvalue weighted by molar-refractivity contribution is -0.124. The molecular weight excluding hydrogens is 256 g/mol. The molecule has 1 fully saturated rings. The Morgan fingerprint density at radius 3 is 3.00 bits per heavy atom. The van der Waals surface area contributed by atoms with Gasteiger partial charge >= 0.3 is 0 Å². The van der Waals surface area contributed by atoms with Crippen LogP contribution in [0.4, 0.5) is 5.69 Å². The Bertz CT molecular complexity index is 542. The third-order valence-corrected chi connectivity index (χ3v) is 3.99. The number of hydrogen-bond acceptors (Lipinski definition) is 3. The largest absolute Gasteiger partial charge is 0.495 e. The molecule has 0 radical (unpaired) electrons. The number of anilines is 1. The Kier molecular flexibility index (Phi) is 3.34. The van der Waals surface area contributed by atoms with Gasteiger partial charge in [-0.3, -0.25) is 9.59 Å². The number of nitrogens with zero attached hydrogens (tertiary/aromatic N) is 1. The number of fused-ring (bicyclic) bond motifs is 1. The predicted molar refractivity (Wildman–Crippen MR) is 74.8 cm³/mol. The summed E-state index contributed by atoms with van der Waals surface area (Å²) in [6.07, 6.45) is 2.19. The third-order valence-electron chi connectivity index (χ3n) is 3.99. The highest BCUT2D eigenvalue weighted by Gasteiger charge is 2.34. The van der Waals surface area contributed by atoms with Crippen LogP contribution in [0.25, 0.3) is 0 Å². The molecule has 2 aliphatic heterocycles. The Balaban J connectivity index is 1.93. The molecule has 2 amide bonds. The van der Waals surface area contributed by atoms with Crippen LogP contribution in [-0.2, 0) is 16.0 Å². The maximum absolute atomic E-state index is 12.7. The van der Waals surface area contributed by atoms with Gasteiger partial charge in [0.25, 0.3) is 0 Å². The molecule has 5 heteroatoms. The first-order valence-corrected chi connectivity index (χ1v) is 6.94. The van der Waals surface area contributed by atoms with E-state index in [0.29, 0.717) is 19.5 Å². The van der Waals surface area contributed by atoms with Crippen LogP contribution >= 0.6 is 0 Å². The summed E-state index contributed by atoms with van der Waals surface area (Å²) in [6.45, 7) is 1.13. The predicted octanol–water partition coefficient (Wildman–Crippen LogP) is 1.11. The zero-order valence-corrected chi connectivity index (χ0v) is 11.5. The van der Waals surface area contributed by atoms with E-state index < -0.39 is 0 Å². The van der Waals surface area contributed by atoms with Gasteiger partial charge in [0.2, 0.25) is 11.8 Å². The van der Waals surface area contributed by atoms with Crippen LogP contribution < -0.4 is 15.0 Å². The number of amides is 2. The molecule has 1 aromatic carbocycles. The van der Waals surface area contributed by atoms with E-state index in [4.69, 9.17) is 4.74 Å². The average Bonchev–Trinajstić information content (AvgIpc) is 2.91. The maximum atomic E-state index is 12.7. The normalized spacial score (nSPS) is 21.4. The summed E-state index contributed by atoms with van der Waals surface area (Å²) in [4.78, 5) is 25.8. The number of ether oxygens (including phenoxy) is 1. The highest BCUT2D eigenvalue weighted by atomic mass is 16.5. The Hall–Kier alpha value is -2.04. The summed E-state index contributed by atoms with van der Waals surface area (Å²) < 4.78 is 5.40. The van der Waals surface area contributed by atoms with Crippen LogP contribution in [0.15, 0.2) is 18.2 Å². The zero-order valence-electron chi connectivity index (χ0n) is 11.5. The molecule has 1 unspecified atom stereocenters. The number of benzene rings is 1. The van der Waals surface area contributed by atoms with E-state index in [0.717, 1.165) is 29.8 Å². The van der Waals surface area contributed by atoms with Crippen molar-refractivity contribution in [3.63, 3.8) is 0 Å². The molecule has 0 aromatic heterocycles. The number of rotatable bonds is 2. The molecule has 1 saturated heterocycles. The third kappa shape index (κ3) is 2.13. The molecule has 20 heavy (non-hydrogen) atoms. The van der Waals surface area contributed by atoms with Gasteiger partial charge in [-0.25, -0.2) is 0 Å². The summed E-state index contributed by atoms with van der Waals surface area (Å²) in [7, 11) is 1.62. The molecule has 1 N–H and O–H groups in total. The first kappa shape index (κ1) is 13.0. The van der Waals surface area contributed by atoms with E-state index >= 15 is 0 Å². The first-order valence-electron chi connectivity index (χ1n) is 6.94. The minimum Gasteiger partial charge on any atom is -0.495 e. The van der Waals surface area contributed by atoms with Gasteiger partial charge in [0, 0.05) is 19.5 Å². The standard InChI is InChI=1S/C15H18N2O3/c1-20-12-6-2-4-10-5-3-7-17(14(10)12)15(19)11-8-13(18)16-9-11/h2,4,6,11H,3,5,7-9H2,1H3,(H,16,18). The fourth-order valence-electron chi connectivity index (χ4n) is 3.00. The molecule has 5 nitrogen and oxygen atoms in total. The molecular formula is C15H18N2O3. The van der Waals surface area contributed by atoms with Crippen molar-refractivity contribution in [1.29, 1.82) is 0 Å². The highest BCUT2D eigenvalue weighted by Crippen LogP contribution is 2.37. The monoisotopic (exact) mass is 274 g/mol. The van der Waals surface area contributed by atoms with Crippen molar-refractivity contribution in [2.45, 2.75) is 19.3 Å². The molecule has 0 bridgehead atoms. The van der Waals surface area contributed by atoms with Gasteiger partial charge in [-0.1, -0.05) is 12.1 Å². The van der Waals surface area contributed by atoms with Crippen molar-refractivity contribution in [3.05, 3.63) is 23.8 Å². The average molecular weight is 274 g/mol. The van der Waals surface area contributed by atoms with E-state index in [2.05, 4.69) is 5.32 Å². The molecule has 2 aliphatic rings. The number of nitrogens with one attached hydrogen (secondary N) is 1. The molecule has 1 atom stereocenters. The SMILES string of the molecule is COc1cccc2c1N(C(=O)C1CNC(=O)C1)CCC2. The Morgan fingerprint density at radius 2 is 2.30 bits per heavy atom. The van der Waals surface area contributed by atoms with Crippen LogP contribution in [0.2, 0.25) is 0 Å². The van der Waals surface area contributed by atoms with Gasteiger partial charge in [-0.05, 0) is 24.5 Å². The zero-order chi connectivity index (χ0) is 14.1. The van der Waals surface area contributed by atoms with Crippen molar-refractivity contribution in [1.82, 2.24) is 5.32 Å². The Labute approximate surface area is 117 Å². The molecule has 2 heterocycles. The van der Waals surface area contributed by atoms with Crippen molar-refractivity contribution in [3.8, 4) is 5.75 Å². The summed E-state index contributed by atoms with van der Waals surface area (Å²) in [5.74, 6) is 0.459. The summed E-state index contributed by atoms with van der Waals surface area (Å²) in [6, 6.07) is 5.87. The number of methoxy groups -OCH3 is 1. The van der Waals surface area contributed by atoms with Crippen molar-refractivity contribution < 1.29 is 14.3 Å². The quantitative estimate of drug-likeness (QED) is 0.879. The molecule has 0 spiro atoms. The minimum absolute atomic E-state index is 0.0220. The molecule has 1 aromatic rings. The summed E-state index contributed by atoms with van der Waals surface area (Å²) in [5.41, 5.74) is 2.02. The lowest BCUT2D eigenvalue weighted by Crippen LogP contribution is -2.40. The van der Waals surface area contributed by atoms with Crippen molar-refractivity contribution >= 4 is 17.5 Å². The van der Waals surface area contributed by atoms with E-state index in [1.807, 2.05) is 18.2 Å². The van der Waals surface area contributed by atoms with Gasteiger partial charge in [-0.2, -0.15) is 0 Å². The molecule has 106 valence electrons. The van der Waals surface area contributed by atoms with E-state index in [-0.39, 0.29) is 17.7 Å². The fourth-order valence-corrected chi connectivity index (χ4v) is 3.00. The van der Waals surface area contributed by atoms with Gasteiger partial charge in [-0.15, -0.1) is 0 Å². The van der Waals surface area contributed by atoms with Crippen LogP contribution in [0, 0.1) is 5.92 Å². The van der Waals surface area contributed by atoms with Crippen LogP contribution in [0.3, 0.4) is 0 Å². The van der Waals surface area contributed by atoms with Crippen molar-refractivity contribution in [2.75, 3.05) is 25.1 Å². The number of aryl methyl sites for hydroxylation is 1. The van der Waals surface area contributed by atoms with Crippen LogP contribution in [0.1, 0.15) is 18.4 Å². The van der Waals surface area contributed by atoms with Crippen LogP contribution in [0.5, 0.6) is 5.75 Å². The van der Waals surface area contributed by atoms with Gasteiger partial charge in [0.15, 0.2) is 0 Å². The minimum atomic E-state index is -0.252. The lowest BCUT2D eigenvalue weighted by Gasteiger charge is -2.32. The molecule has 0 aliphatic carbocycles. The van der Waals surface area contributed by atoms with Gasteiger partial charge in [0.05, 0.1) is 18.7 Å². The topological polar surface area (TPSA) is 58.6 Å². The molecule has 3 rings (SSSR count). The van der Waals surface area contributed by atoms with Crippen LogP contribution in [-0.4, -0.2) is 32.0 Å². The Morgan fingerprint density at radius 1 is 1.45 bits per heavy atom. The van der Waals surface area contributed by atoms with E-state index in [9.17, 15) is 9.59 Å². The number of para-hydroxylation sites is 1.